The lowest BCUT2D eigenvalue weighted by atomic mass is 9.87. The number of aliphatic carboxylic acids is 1. The fourth-order valence-electron chi connectivity index (χ4n) is 3.25. The van der Waals surface area contributed by atoms with E-state index in [4.69, 9.17) is 5.11 Å². The number of nitrogens with one attached hydrogen (secondary N) is 1. The molecule has 0 radical (unpaired) electrons. The molecular weight excluding hydrogens is 318 g/mol. The van der Waals surface area contributed by atoms with Gasteiger partial charge in [0, 0.05) is 26.2 Å². The number of carbonyl (C=O) groups excluding carboxylic acids is 1. The second kappa shape index (κ2) is 8.85. The van der Waals surface area contributed by atoms with Gasteiger partial charge in [-0.3, -0.25) is 4.79 Å². The average molecular weight is 347 g/mol. The zero-order valence-corrected chi connectivity index (χ0v) is 15.4. The maximum absolute atomic E-state index is 12.4. The van der Waals surface area contributed by atoms with Gasteiger partial charge in [0.2, 0.25) is 0 Å². The highest BCUT2D eigenvalue weighted by Gasteiger charge is 2.32. The van der Waals surface area contributed by atoms with Crippen LogP contribution in [0.1, 0.15) is 31.4 Å². The molecule has 1 aliphatic rings. The summed E-state index contributed by atoms with van der Waals surface area (Å²) in [5, 5.41) is 12.1. The largest absolute Gasteiger partial charge is 0.481 e. The predicted molar refractivity (Wildman–Crippen MR) is 97.2 cm³/mol. The van der Waals surface area contributed by atoms with Crippen molar-refractivity contribution in [3.63, 3.8) is 0 Å². The van der Waals surface area contributed by atoms with Crippen molar-refractivity contribution in [3.05, 3.63) is 35.4 Å². The molecule has 138 valence electrons. The number of hydrogen-bond donors (Lipinski definition) is 2. The van der Waals surface area contributed by atoms with Gasteiger partial charge in [-0.25, -0.2) is 4.79 Å². The Labute approximate surface area is 149 Å². The summed E-state index contributed by atoms with van der Waals surface area (Å²) in [4.78, 5) is 27.5. The first-order valence-electron chi connectivity index (χ1n) is 8.92. The highest BCUT2D eigenvalue weighted by atomic mass is 16.4. The molecule has 6 nitrogen and oxygen atoms in total. The first-order chi connectivity index (χ1) is 11.9. The molecular formula is C19H29N3O3. The van der Waals surface area contributed by atoms with E-state index in [1.165, 1.54) is 5.56 Å². The van der Waals surface area contributed by atoms with Gasteiger partial charge in [-0.05, 0) is 37.1 Å². The van der Waals surface area contributed by atoms with Gasteiger partial charge in [0.15, 0.2) is 0 Å². The molecule has 1 saturated heterocycles. The molecule has 2 rings (SSSR count). The number of hydrogen-bond acceptors (Lipinski definition) is 3. The van der Waals surface area contributed by atoms with Crippen LogP contribution in [0.25, 0.3) is 0 Å². The summed E-state index contributed by atoms with van der Waals surface area (Å²) in [5.41, 5.74) is 2.30. The molecule has 0 spiro atoms. The van der Waals surface area contributed by atoms with Gasteiger partial charge >= 0.3 is 12.0 Å². The van der Waals surface area contributed by atoms with Crippen LogP contribution in [-0.4, -0.2) is 53.6 Å². The molecule has 0 aliphatic carbocycles. The van der Waals surface area contributed by atoms with E-state index in [2.05, 4.69) is 36.3 Å². The number of piperidine rings is 1. The maximum Gasteiger partial charge on any atom is 0.317 e. The molecule has 1 heterocycles. The standard InChI is InChI=1S/C19H29N3O3/c1-4-21(3)13-16-7-5-6-15(10-16)11-20-19(25)22-9-8-17(18(23)24)14(2)12-22/h5-7,10,14,17H,4,8-9,11-13H2,1-3H3,(H,20,25)(H,23,24). The SMILES string of the molecule is CCN(C)Cc1cccc(CNC(=O)N2CCC(C(=O)O)C(C)C2)c1. The van der Waals surface area contributed by atoms with E-state index in [0.29, 0.717) is 26.1 Å². The molecule has 1 aromatic carbocycles. The van der Waals surface area contributed by atoms with Crippen LogP contribution in [-0.2, 0) is 17.9 Å². The highest BCUT2D eigenvalue weighted by Crippen LogP contribution is 2.23. The minimum atomic E-state index is -0.763. The predicted octanol–water partition coefficient (Wildman–Crippen LogP) is 2.39. The molecule has 1 aromatic rings. The van der Waals surface area contributed by atoms with E-state index in [1.54, 1.807) is 4.90 Å². The summed E-state index contributed by atoms with van der Waals surface area (Å²) in [5.74, 6) is -1.14. The molecule has 25 heavy (non-hydrogen) atoms. The molecule has 0 saturated carbocycles. The van der Waals surface area contributed by atoms with Gasteiger partial charge in [0.05, 0.1) is 5.92 Å². The zero-order valence-electron chi connectivity index (χ0n) is 15.4. The van der Waals surface area contributed by atoms with E-state index in [0.717, 1.165) is 18.7 Å². The Bertz CT molecular complexity index is 605. The van der Waals surface area contributed by atoms with Crippen LogP contribution in [0.5, 0.6) is 0 Å². The van der Waals surface area contributed by atoms with Crippen LogP contribution < -0.4 is 5.32 Å². The normalized spacial score (nSPS) is 20.6. The number of carboxylic acids is 1. The van der Waals surface area contributed by atoms with Crippen molar-refractivity contribution >= 4 is 12.0 Å². The number of amides is 2. The zero-order chi connectivity index (χ0) is 18.4. The first-order valence-corrected chi connectivity index (χ1v) is 8.92. The molecule has 0 aromatic heterocycles. The molecule has 6 heteroatoms. The first kappa shape index (κ1) is 19.2. The quantitative estimate of drug-likeness (QED) is 0.829. The Kier molecular flexibility index (Phi) is 6.82. The van der Waals surface area contributed by atoms with E-state index in [-0.39, 0.29) is 17.9 Å². The Balaban J connectivity index is 1.86. The van der Waals surface area contributed by atoms with Gasteiger partial charge in [0.1, 0.15) is 0 Å². The summed E-state index contributed by atoms with van der Waals surface area (Å²) in [7, 11) is 2.08. The number of rotatable bonds is 6. The molecule has 1 fully saturated rings. The lowest BCUT2D eigenvalue weighted by Gasteiger charge is -2.34. The number of carbonyl (C=O) groups is 2. The van der Waals surface area contributed by atoms with Gasteiger partial charge in [-0.2, -0.15) is 0 Å². The van der Waals surface area contributed by atoms with Crippen LogP contribution in [0.15, 0.2) is 24.3 Å². The van der Waals surface area contributed by atoms with Crippen molar-refractivity contribution in [1.29, 1.82) is 0 Å². The fourth-order valence-corrected chi connectivity index (χ4v) is 3.25. The molecule has 1 aliphatic heterocycles. The van der Waals surface area contributed by atoms with E-state index < -0.39 is 5.97 Å². The van der Waals surface area contributed by atoms with Crippen molar-refractivity contribution in [1.82, 2.24) is 15.1 Å². The molecule has 2 atom stereocenters. The lowest BCUT2D eigenvalue weighted by Crippen LogP contribution is -2.48. The number of carboxylic acid groups (broad SMARTS) is 1. The summed E-state index contributed by atoms with van der Waals surface area (Å²) in [6.07, 6.45) is 0.517. The monoisotopic (exact) mass is 347 g/mol. The number of likely N-dealkylation sites (tertiary alicyclic amines) is 1. The average Bonchev–Trinajstić information content (AvgIpc) is 2.59. The Hall–Kier alpha value is -2.08. The van der Waals surface area contributed by atoms with Crippen LogP contribution in [0.4, 0.5) is 4.79 Å². The molecule has 0 bridgehead atoms. The Morgan fingerprint density at radius 3 is 2.72 bits per heavy atom. The molecule has 2 N–H and O–H groups in total. The van der Waals surface area contributed by atoms with Crippen molar-refractivity contribution in [2.24, 2.45) is 11.8 Å². The smallest absolute Gasteiger partial charge is 0.317 e. The molecule has 2 amide bonds. The Morgan fingerprint density at radius 1 is 1.36 bits per heavy atom. The number of urea groups is 1. The summed E-state index contributed by atoms with van der Waals surface area (Å²) in [6.45, 7) is 7.36. The van der Waals surface area contributed by atoms with Crippen LogP contribution in [0, 0.1) is 11.8 Å². The van der Waals surface area contributed by atoms with Crippen molar-refractivity contribution in [2.75, 3.05) is 26.7 Å². The lowest BCUT2D eigenvalue weighted by molar-refractivity contribution is -0.145. The third-order valence-corrected chi connectivity index (χ3v) is 4.94. The topological polar surface area (TPSA) is 72.9 Å². The van der Waals surface area contributed by atoms with E-state index in [9.17, 15) is 9.59 Å². The van der Waals surface area contributed by atoms with E-state index >= 15 is 0 Å². The third kappa shape index (κ3) is 5.46. The minimum absolute atomic E-state index is 0.0232. The van der Waals surface area contributed by atoms with Crippen LogP contribution >= 0.6 is 0 Å². The van der Waals surface area contributed by atoms with E-state index in [1.807, 2.05) is 19.1 Å². The highest BCUT2D eigenvalue weighted by molar-refractivity contribution is 5.75. The summed E-state index contributed by atoms with van der Waals surface area (Å²) < 4.78 is 0. The third-order valence-electron chi connectivity index (χ3n) is 4.94. The van der Waals surface area contributed by atoms with Gasteiger partial charge < -0.3 is 20.2 Å². The van der Waals surface area contributed by atoms with Gasteiger partial charge in [-0.1, -0.05) is 38.1 Å². The van der Waals surface area contributed by atoms with Crippen molar-refractivity contribution in [2.45, 2.75) is 33.4 Å². The number of benzene rings is 1. The van der Waals surface area contributed by atoms with Gasteiger partial charge in [-0.15, -0.1) is 0 Å². The Morgan fingerprint density at radius 2 is 2.08 bits per heavy atom. The summed E-state index contributed by atoms with van der Waals surface area (Å²) >= 11 is 0. The van der Waals surface area contributed by atoms with Crippen LogP contribution in [0.2, 0.25) is 0 Å². The number of nitrogens with zero attached hydrogens (tertiary/aromatic N) is 2. The van der Waals surface area contributed by atoms with Crippen molar-refractivity contribution in [3.8, 4) is 0 Å². The molecule has 2 unspecified atom stereocenters. The van der Waals surface area contributed by atoms with Gasteiger partial charge in [0.25, 0.3) is 0 Å². The minimum Gasteiger partial charge on any atom is -0.481 e. The maximum atomic E-state index is 12.4. The fraction of sp³-hybridized carbons (Fsp3) is 0.579. The second-order valence-electron chi connectivity index (χ2n) is 6.97. The summed E-state index contributed by atoms with van der Waals surface area (Å²) in [6, 6.07) is 8.11. The van der Waals surface area contributed by atoms with Crippen molar-refractivity contribution < 1.29 is 14.7 Å². The second-order valence-corrected chi connectivity index (χ2v) is 6.97. The van der Waals surface area contributed by atoms with Crippen LogP contribution in [0.3, 0.4) is 0 Å².